The number of nitrogens with zero attached hydrogens (tertiary/aromatic N) is 1. The van der Waals surface area contributed by atoms with Crippen molar-refractivity contribution in [3.8, 4) is 5.75 Å². The molecule has 2 atom stereocenters. The number of nitrogens with one attached hydrogen (secondary N) is 2. The fourth-order valence-electron chi connectivity index (χ4n) is 3.63. The number of hydrogen-bond donors (Lipinski definition) is 2. The molecule has 0 radical (unpaired) electrons. The third-order valence-electron chi connectivity index (χ3n) is 5.07. The van der Waals surface area contributed by atoms with Crippen LogP contribution in [0.15, 0.2) is 18.2 Å². The lowest BCUT2D eigenvalue weighted by molar-refractivity contribution is -0.135. The Morgan fingerprint density at radius 2 is 2.18 bits per heavy atom. The summed E-state index contributed by atoms with van der Waals surface area (Å²) in [7, 11) is 1.57. The smallest absolute Gasteiger partial charge is 0.258 e. The molecule has 0 aliphatic carbocycles. The van der Waals surface area contributed by atoms with Crippen LogP contribution in [0.4, 0.5) is 0 Å². The summed E-state index contributed by atoms with van der Waals surface area (Å²) in [5.41, 5.74) is 0.553. The van der Waals surface area contributed by atoms with Gasteiger partial charge >= 0.3 is 0 Å². The maximum atomic E-state index is 12.6. The number of fused-ring (bicyclic) bond motifs is 1. The van der Waals surface area contributed by atoms with E-state index in [0.29, 0.717) is 37.3 Å². The number of likely N-dealkylation sites (tertiary alicyclic amines) is 1. The van der Waals surface area contributed by atoms with Crippen LogP contribution in [0.3, 0.4) is 0 Å². The van der Waals surface area contributed by atoms with Crippen LogP contribution < -0.4 is 15.4 Å². The van der Waals surface area contributed by atoms with Crippen molar-refractivity contribution in [2.24, 2.45) is 0 Å². The number of benzene rings is 1. The minimum Gasteiger partial charge on any atom is -0.467 e. The summed E-state index contributed by atoms with van der Waals surface area (Å²) in [6, 6.07) is 5.34. The molecule has 152 valence electrons. The Kier molecular flexibility index (Phi) is 5.88. The number of rotatable bonds is 5. The highest BCUT2D eigenvalue weighted by atomic mass is 16.5. The first-order valence-corrected chi connectivity index (χ1v) is 9.50. The van der Waals surface area contributed by atoms with Crippen molar-refractivity contribution in [2.45, 2.75) is 44.9 Å². The van der Waals surface area contributed by atoms with Crippen LogP contribution in [-0.2, 0) is 14.3 Å². The molecule has 8 nitrogen and oxygen atoms in total. The van der Waals surface area contributed by atoms with Crippen molar-refractivity contribution >= 4 is 17.7 Å². The molecule has 2 heterocycles. The van der Waals surface area contributed by atoms with Gasteiger partial charge < -0.3 is 25.0 Å². The van der Waals surface area contributed by atoms with Gasteiger partial charge in [-0.3, -0.25) is 14.4 Å². The van der Waals surface area contributed by atoms with Gasteiger partial charge in [-0.05, 0) is 26.0 Å². The predicted octanol–water partition coefficient (Wildman–Crippen LogP) is 0.977. The summed E-state index contributed by atoms with van der Waals surface area (Å²) in [5.74, 6) is -0.0272. The molecule has 28 heavy (non-hydrogen) atoms. The zero-order chi connectivity index (χ0) is 20.3. The van der Waals surface area contributed by atoms with E-state index in [0.717, 1.165) is 5.56 Å². The van der Waals surface area contributed by atoms with Crippen LogP contribution in [0.2, 0.25) is 0 Å². The molecular formula is C20H27N3O5. The lowest BCUT2D eigenvalue weighted by atomic mass is 9.99. The van der Waals surface area contributed by atoms with Gasteiger partial charge in [0.05, 0.1) is 18.7 Å². The van der Waals surface area contributed by atoms with Gasteiger partial charge in [0, 0.05) is 39.0 Å². The van der Waals surface area contributed by atoms with Crippen molar-refractivity contribution in [2.75, 3.05) is 26.8 Å². The van der Waals surface area contributed by atoms with E-state index in [1.807, 2.05) is 19.9 Å². The molecule has 0 unspecified atom stereocenters. The largest absolute Gasteiger partial charge is 0.467 e. The lowest BCUT2D eigenvalue weighted by Crippen LogP contribution is -2.56. The molecule has 3 rings (SSSR count). The Hall–Kier alpha value is -2.61. The van der Waals surface area contributed by atoms with Crippen LogP contribution >= 0.6 is 0 Å². The Labute approximate surface area is 164 Å². The maximum Gasteiger partial charge on any atom is 0.258 e. The van der Waals surface area contributed by atoms with Gasteiger partial charge in [-0.15, -0.1) is 0 Å². The molecule has 1 aromatic carbocycles. The standard InChI is InChI=1S/C20H27N3O5/c1-13-4-5-16-15(10-13)19(26)22-20(28-16)7-6-18(25)23(9-8-20)11-17(24)21-14(2)12-27-3/h4-5,10,14H,6-9,11-12H2,1-3H3,(H,21,24)(H,22,26)/t14-,20-/m0/s1. The molecule has 0 bridgehead atoms. The second-order valence-corrected chi connectivity index (χ2v) is 7.54. The fourth-order valence-corrected chi connectivity index (χ4v) is 3.63. The van der Waals surface area contributed by atoms with Gasteiger partial charge in [0.25, 0.3) is 5.91 Å². The minimum atomic E-state index is -0.927. The minimum absolute atomic E-state index is 0.0211. The van der Waals surface area contributed by atoms with Crippen molar-refractivity contribution in [3.05, 3.63) is 29.3 Å². The first kappa shape index (κ1) is 20.1. The number of ether oxygens (including phenoxy) is 2. The van der Waals surface area contributed by atoms with Crippen molar-refractivity contribution in [1.82, 2.24) is 15.5 Å². The van der Waals surface area contributed by atoms with Gasteiger partial charge in [0.2, 0.25) is 11.8 Å². The average Bonchev–Trinajstić information content (AvgIpc) is 2.77. The zero-order valence-electron chi connectivity index (χ0n) is 16.5. The Balaban J connectivity index is 1.67. The van der Waals surface area contributed by atoms with Crippen LogP contribution in [-0.4, -0.2) is 61.2 Å². The van der Waals surface area contributed by atoms with E-state index >= 15 is 0 Å². The van der Waals surface area contributed by atoms with E-state index in [2.05, 4.69) is 10.6 Å². The predicted molar refractivity (Wildman–Crippen MR) is 102 cm³/mol. The highest BCUT2D eigenvalue weighted by molar-refractivity contribution is 5.98. The summed E-state index contributed by atoms with van der Waals surface area (Å²) in [6.45, 7) is 4.46. The molecule has 2 N–H and O–H groups in total. The third kappa shape index (κ3) is 4.44. The number of carbonyl (C=O) groups excluding carboxylic acids is 3. The van der Waals surface area contributed by atoms with Gasteiger partial charge in [-0.1, -0.05) is 11.6 Å². The molecule has 1 fully saturated rings. The normalized spacial score (nSPS) is 22.8. The van der Waals surface area contributed by atoms with Crippen LogP contribution in [0.5, 0.6) is 5.75 Å². The Bertz CT molecular complexity index is 781. The lowest BCUT2D eigenvalue weighted by Gasteiger charge is -2.38. The molecule has 2 aliphatic heterocycles. The monoisotopic (exact) mass is 389 g/mol. The van der Waals surface area contributed by atoms with Crippen molar-refractivity contribution in [3.63, 3.8) is 0 Å². The molecule has 1 aromatic rings. The fraction of sp³-hybridized carbons (Fsp3) is 0.550. The van der Waals surface area contributed by atoms with E-state index in [1.165, 1.54) is 4.90 Å². The van der Waals surface area contributed by atoms with E-state index in [-0.39, 0.29) is 36.7 Å². The van der Waals surface area contributed by atoms with Gasteiger partial charge in [-0.25, -0.2) is 0 Å². The van der Waals surface area contributed by atoms with E-state index in [1.54, 1.807) is 19.2 Å². The SMILES string of the molecule is COC[C@H](C)NC(=O)CN1CC[C@@]2(CCC1=O)NC(=O)c1cc(C)ccc1O2. The quantitative estimate of drug-likeness (QED) is 0.782. The zero-order valence-corrected chi connectivity index (χ0v) is 16.5. The van der Waals surface area contributed by atoms with Crippen molar-refractivity contribution in [1.29, 1.82) is 0 Å². The van der Waals surface area contributed by atoms with Crippen molar-refractivity contribution < 1.29 is 23.9 Å². The molecule has 0 aromatic heterocycles. The van der Waals surface area contributed by atoms with Gasteiger partial charge in [0.15, 0.2) is 5.72 Å². The molecule has 8 heteroatoms. The number of carbonyl (C=O) groups is 3. The summed E-state index contributed by atoms with van der Waals surface area (Å²) >= 11 is 0. The molecule has 2 aliphatic rings. The van der Waals surface area contributed by atoms with Crippen LogP contribution in [0.1, 0.15) is 42.1 Å². The van der Waals surface area contributed by atoms with Crippen LogP contribution in [0.25, 0.3) is 0 Å². The highest BCUT2D eigenvalue weighted by Gasteiger charge is 2.42. The number of hydrogen-bond acceptors (Lipinski definition) is 5. The topological polar surface area (TPSA) is 97.0 Å². The van der Waals surface area contributed by atoms with E-state index < -0.39 is 5.72 Å². The summed E-state index contributed by atoms with van der Waals surface area (Å²) < 4.78 is 11.1. The molecule has 0 saturated carbocycles. The molecule has 1 saturated heterocycles. The first-order valence-electron chi connectivity index (χ1n) is 9.50. The summed E-state index contributed by atoms with van der Waals surface area (Å²) in [4.78, 5) is 38.8. The number of aryl methyl sites for hydroxylation is 1. The second kappa shape index (κ2) is 8.18. The maximum absolute atomic E-state index is 12.6. The number of methoxy groups -OCH3 is 1. The molecule has 3 amide bonds. The second-order valence-electron chi connectivity index (χ2n) is 7.54. The van der Waals surface area contributed by atoms with Gasteiger partial charge in [0.1, 0.15) is 5.75 Å². The Morgan fingerprint density at radius 1 is 1.39 bits per heavy atom. The molecular weight excluding hydrogens is 362 g/mol. The van der Waals surface area contributed by atoms with E-state index in [9.17, 15) is 14.4 Å². The Morgan fingerprint density at radius 3 is 2.93 bits per heavy atom. The average molecular weight is 389 g/mol. The first-order chi connectivity index (χ1) is 13.3. The molecule has 1 spiro atoms. The number of amides is 3. The highest BCUT2D eigenvalue weighted by Crippen LogP contribution is 2.34. The summed E-state index contributed by atoms with van der Waals surface area (Å²) in [6.07, 6.45) is 0.976. The van der Waals surface area contributed by atoms with Crippen LogP contribution in [0, 0.1) is 6.92 Å². The van der Waals surface area contributed by atoms with Gasteiger partial charge in [-0.2, -0.15) is 0 Å². The third-order valence-corrected chi connectivity index (χ3v) is 5.07. The summed E-state index contributed by atoms with van der Waals surface area (Å²) in [5, 5.41) is 5.75. The van der Waals surface area contributed by atoms with E-state index in [4.69, 9.17) is 9.47 Å².